The minimum absolute atomic E-state index is 0.248. The van der Waals surface area contributed by atoms with E-state index in [2.05, 4.69) is 9.97 Å². The molecular formula is C20H24F3N3O2. The SMILES string of the molecule is CC(C)(C)OC(=O)C(C)(C)Cc1cccc(-c2nc(N)ncc2C(F)(F)F)c1. The molecule has 0 unspecified atom stereocenters. The highest BCUT2D eigenvalue weighted by Crippen LogP contribution is 2.36. The molecule has 0 aliphatic carbocycles. The minimum Gasteiger partial charge on any atom is -0.460 e. The second-order valence-electron chi connectivity index (χ2n) is 8.25. The molecule has 0 amide bonds. The molecule has 0 aliphatic rings. The van der Waals surface area contributed by atoms with E-state index in [4.69, 9.17) is 10.5 Å². The summed E-state index contributed by atoms with van der Waals surface area (Å²) in [7, 11) is 0. The molecular weight excluding hydrogens is 371 g/mol. The number of carbonyl (C=O) groups is 1. The maximum absolute atomic E-state index is 13.3. The minimum atomic E-state index is -4.62. The normalized spacial score (nSPS) is 12.7. The Labute approximate surface area is 162 Å². The maximum Gasteiger partial charge on any atom is 0.419 e. The van der Waals surface area contributed by atoms with E-state index in [1.165, 1.54) is 6.07 Å². The van der Waals surface area contributed by atoms with Crippen LogP contribution < -0.4 is 5.73 Å². The van der Waals surface area contributed by atoms with Crippen molar-refractivity contribution in [2.24, 2.45) is 5.41 Å². The Bertz CT molecular complexity index is 872. The molecule has 0 radical (unpaired) electrons. The number of ether oxygens (including phenoxy) is 1. The lowest BCUT2D eigenvalue weighted by Gasteiger charge is -2.28. The van der Waals surface area contributed by atoms with Crippen LogP contribution in [-0.4, -0.2) is 21.5 Å². The summed E-state index contributed by atoms with van der Waals surface area (Å²) in [6, 6.07) is 6.45. The van der Waals surface area contributed by atoms with Gasteiger partial charge in [0.15, 0.2) is 0 Å². The fraction of sp³-hybridized carbons (Fsp3) is 0.450. The second-order valence-corrected chi connectivity index (χ2v) is 8.25. The van der Waals surface area contributed by atoms with Gasteiger partial charge in [0.05, 0.1) is 11.1 Å². The molecule has 0 spiro atoms. The lowest BCUT2D eigenvalue weighted by molar-refractivity contribution is -0.165. The number of hydrogen-bond acceptors (Lipinski definition) is 5. The molecule has 0 atom stereocenters. The monoisotopic (exact) mass is 395 g/mol. The van der Waals surface area contributed by atoms with Crippen molar-refractivity contribution in [3.05, 3.63) is 41.6 Å². The van der Waals surface area contributed by atoms with Crippen LogP contribution in [0.5, 0.6) is 0 Å². The number of halogens is 3. The molecule has 5 nitrogen and oxygen atoms in total. The number of hydrogen-bond donors (Lipinski definition) is 1. The molecule has 0 fully saturated rings. The Morgan fingerprint density at radius 2 is 1.79 bits per heavy atom. The first kappa shape index (κ1) is 21.7. The predicted octanol–water partition coefficient (Wildman–Crippen LogP) is 4.66. The summed E-state index contributed by atoms with van der Waals surface area (Å²) in [5.41, 5.74) is 3.68. The Kier molecular flexibility index (Phi) is 5.73. The van der Waals surface area contributed by atoms with Gasteiger partial charge in [-0.05, 0) is 52.7 Å². The van der Waals surface area contributed by atoms with Crippen molar-refractivity contribution in [1.29, 1.82) is 0 Å². The zero-order valence-electron chi connectivity index (χ0n) is 16.5. The van der Waals surface area contributed by atoms with Crippen molar-refractivity contribution in [2.45, 2.75) is 52.8 Å². The van der Waals surface area contributed by atoms with E-state index < -0.39 is 22.8 Å². The van der Waals surface area contributed by atoms with Crippen molar-refractivity contribution < 1.29 is 22.7 Å². The number of anilines is 1. The van der Waals surface area contributed by atoms with Gasteiger partial charge in [0, 0.05) is 11.8 Å². The first-order chi connectivity index (χ1) is 12.7. The van der Waals surface area contributed by atoms with Crippen LogP contribution in [-0.2, 0) is 22.1 Å². The van der Waals surface area contributed by atoms with Crippen LogP contribution in [0.25, 0.3) is 11.3 Å². The van der Waals surface area contributed by atoms with Gasteiger partial charge in [0.2, 0.25) is 5.95 Å². The molecule has 1 aromatic carbocycles. The Balaban J connectivity index is 2.38. The number of nitrogen functional groups attached to an aromatic ring is 1. The largest absolute Gasteiger partial charge is 0.460 e. The molecule has 2 rings (SSSR count). The number of alkyl halides is 3. The van der Waals surface area contributed by atoms with Crippen LogP contribution in [0.2, 0.25) is 0 Å². The fourth-order valence-corrected chi connectivity index (χ4v) is 2.65. The molecule has 2 aromatic rings. The van der Waals surface area contributed by atoms with Gasteiger partial charge in [-0.2, -0.15) is 13.2 Å². The summed E-state index contributed by atoms with van der Waals surface area (Å²) in [5.74, 6) is -0.629. The van der Waals surface area contributed by atoms with Gasteiger partial charge in [0.1, 0.15) is 11.2 Å². The molecule has 152 valence electrons. The number of benzene rings is 1. The topological polar surface area (TPSA) is 78.1 Å². The number of aromatic nitrogens is 2. The third kappa shape index (κ3) is 5.43. The number of nitrogens with zero attached hydrogens (tertiary/aromatic N) is 2. The van der Waals surface area contributed by atoms with Crippen LogP contribution in [0.4, 0.5) is 19.1 Å². The third-order valence-corrected chi connectivity index (χ3v) is 3.91. The lowest BCUT2D eigenvalue weighted by atomic mass is 9.85. The van der Waals surface area contributed by atoms with Crippen LogP contribution in [0.15, 0.2) is 30.5 Å². The molecule has 2 N–H and O–H groups in total. The summed E-state index contributed by atoms with van der Waals surface area (Å²) in [6.07, 6.45) is -3.65. The number of rotatable bonds is 4. The quantitative estimate of drug-likeness (QED) is 0.762. The summed E-state index contributed by atoms with van der Waals surface area (Å²) >= 11 is 0. The Hall–Kier alpha value is -2.64. The second kappa shape index (κ2) is 7.41. The van der Waals surface area contributed by atoms with Gasteiger partial charge in [-0.25, -0.2) is 9.97 Å². The van der Waals surface area contributed by atoms with E-state index in [1.807, 2.05) is 0 Å². The van der Waals surface area contributed by atoms with E-state index in [0.29, 0.717) is 11.8 Å². The zero-order chi connectivity index (χ0) is 21.3. The van der Waals surface area contributed by atoms with Gasteiger partial charge >= 0.3 is 12.1 Å². The molecule has 0 saturated heterocycles. The van der Waals surface area contributed by atoms with Crippen LogP contribution in [0.3, 0.4) is 0 Å². The standard InChI is InChI=1S/C20H24F3N3O2/c1-18(2,3)28-16(27)19(4,5)10-12-7-6-8-13(9-12)15-14(20(21,22)23)11-25-17(24)26-15/h6-9,11H,10H2,1-5H3,(H2,24,25,26). The Morgan fingerprint density at radius 1 is 1.14 bits per heavy atom. The summed E-state index contributed by atoms with van der Waals surface area (Å²) in [5, 5.41) is 0. The fourth-order valence-electron chi connectivity index (χ4n) is 2.65. The number of esters is 1. The van der Waals surface area contributed by atoms with Crippen LogP contribution >= 0.6 is 0 Å². The van der Waals surface area contributed by atoms with Crippen molar-refractivity contribution in [2.75, 3.05) is 5.73 Å². The van der Waals surface area contributed by atoms with E-state index in [9.17, 15) is 18.0 Å². The summed E-state index contributed by atoms with van der Waals surface area (Å²) < 4.78 is 45.4. The smallest absolute Gasteiger partial charge is 0.419 e. The number of nitrogens with two attached hydrogens (primary N) is 1. The molecule has 0 saturated carbocycles. The van der Waals surface area contributed by atoms with E-state index >= 15 is 0 Å². The van der Waals surface area contributed by atoms with E-state index in [-0.39, 0.29) is 29.6 Å². The van der Waals surface area contributed by atoms with Crippen molar-refractivity contribution in [1.82, 2.24) is 9.97 Å². The highest BCUT2D eigenvalue weighted by atomic mass is 19.4. The molecule has 0 aliphatic heterocycles. The highest BCUT2D eigenvalue weighted by molar-refractivity contribution is 5.77. The summed E-state index contributed by atoms with van der Waals surface area (Å²) in [4.78, 5) is 19.7. The summed E-state index contributed by atoms with van der Waals surface area (Å²) in [6.45, 7) is 8.80. The number of carbonyl (C=O) groups excluding carboxylic acids is 1. The molecule has 1 heterocycles. The van der Waals surface area contributed by atoms with E-state index in [0.717, 1.165) is 0 Å². The lowest BCUT2D eigenvalue weighted by Crippen LogP contribution is -2.35. The van der Waals surface area contributed by atoms with E-state index in [1.54, 1.807) is 52.8 Å². The van der Waals surface area contributed by atoms with Gasteiger partial charge in [-0.15, -0.1) is 0 Å². The van der Waals surface area contributed by atoms with Crippen LogP contribution in [0.1, 0.15) is 45.7 Å². The molecule has 0 bridgehead atoms. The molecule has 1 aromatic heterocycles. The highest BCUT2D eigenvalue weighted by Gasteiger charge is 2.36. The first-order valence-electron chi connectivity index (χ1n) is 8.71. The van der Waals surface area contributed by atoms with Gasteiger partial charge in [-0.1, -0.05) is 18.2 Å². The van der Waals surface area contributed by atoms with Gasteiger partial charge < -0.3 is 10.5 Å². The maximum atomic E-state index is 13.3. The predicted molar refractivity (Wildman–Crippen MR) is 100 cm³/mol. The van der Waals surface area contributed by atoms with Gasteiger partial charge in [0.25, 0.3) is 0 Å². The first-order valence-corrected chi connectivity index (χ1v) is 8.71. The molecule has 8 heteroatoms. The average Bonchev–Trinajstić information content (AvgIpc) is 2.51. The Morgan fingerprint density at radius 3 is 2.36 bits per heavy atom. The van der Waals surface area contributed by atoms with Gasteiger partial charge in [-0.3, -0.25) is 4.79 Å². The van der Waals surface area contributed by atoms with Crippen molar-refractivity contribution >= 4 is 11.9 Å². The zero-order valence-corrected chi connectivity index (χ0v) is 16.5. The molecule has 28 heavy (non-hydrogen) atoms. The van der Waals surface area contributed by atoms with Crippen molar-refractivity contribution in [3.63, 3.8) is 0 Å². The average molecular weight is 395 g/mol. The van der Waals surface area contributed by atoms with Crippen LogP contribution in [0, 0.1) is 5.41 Å². The third-order valence-electron chi connectivity index (χ3n) is 3.91. The van der Waals surface area contributed by atoms with Crippen molar-refractivity contribution in [3.8, 4) is 11.3 Å².